The summed E-state index contributed by atoms with van der Waals surface area (Å²) in [6.07, 6.45) is 1.06. The molecule has 1 amide bonds. The number of rotatable bonds is 8. The Balaban J connectivity index is 1.62. The number of hydrogen-bond donors (Lipinski definition) is 3. The average molecular weight is 463 g/mol. The predicted octanol–water partition coefficient (Wildman–Crippen LogP) is 3.95. The first-order valence-electron chi connectivity index (χ1n) is 9.83. The number of ether oxygens (including phenoxy) is 1. The molecule has 3 aromatic carbocycles. The molecule has 3 N–H and O–H groups in total. The summed E-state index contributed by atoms with van der Waals surface area (Å²) < 4.78 is 18.8. The van der Waals surface area contributed by atoms with Crippen LogP contribution in [0.3, 0.4) is 0 Å². The van der Waals surface area contributed by atoms with E-state index in [0.717, 1.165) is 18.2 Å². The van der Waals surface area contributed by atoms with Crippen molar-refractivity contribution in [3.05, 3.63) is 98.9 Å². The molecule has 3 aromatic rings. The summed E-state index contributed by atoms with van der Waals surface area (Å²) in [6, 6.07) is 16.5. The van der Waals surface area contributed by atoms with Gasteiger partial charge in [-0.2, -0.15) is 5.26 Å². The van der Waals surface area contributed by atoms with E-state index in [1.165, 1.54) is 12.1 Å². The molecule has 0 aromatic heterocycles. The highest BCUT2D eigenvalue weighted by molar-refractivity contribution is 6.01. The third-order valence-electron chi connectivity index (χ3n) is 4.64. The van der Waals surface area contributed by atoms with E-state index in [0.29, 0.717) is 16.9 Å². The van der Waals surface area contributed by atoms with E-state index in [9.17, 15) is 34.8 Å². The molecule has 0 radical (unpaired) electrons. The normalized spacial score (nSPS) is 10.9. The minimum absolute atomic E-state index is 0.00602. The van der Waals surface area contributed by atoms with E-state index >= 15 is 0 Å². The van der Waals surface area contributed by atoms with E-state index in [1.54, 1.807) is 42.5 Å². The van der Waals surface area contributed by atoms with Gasteiger partial charge in [0, 0.05) is 12.6 Å². The van der Waals surface area contributed by atoms with Crippen molar-refractivity contribution in [3.63, 3.8) is 0 Å². The molecule has 172 valence electrons. The lowest BCUT2D eigenvalue weighted by molar-refractivity contribution is -0.386. The zero-order valence-electron chi connectivity index (χ0n) is 17.6. The van der Waals surface area contributed by atoms with Crippen molar-refractivity contribution in [2.75, 3.05) is 0 Å². The number of halogens is 1. The van der Waals surface area contributed by atoms with E-state index in [-0.39, 0.29) is 30.1 Å². The number of carbonyl (C=O) groups is 1. The summed E-state index contributed by atoms with van der Waals surface area (Å²) in [5, 5.41) is 42.0. The number of nitrogens with one attached hydrogen (secondary N) is 1. The summed E-state index contributed by atoms with van der Waals surface area (Å²) in [5.74, 6) is -2.19. The van der Waals surface area contributed by atoms with Crippen molar-refractivity contribution in [1.82, 2.24) is 5.32 Å². The van der Waals surface area contributed by atoms with Crippen molar-refractivity contribution < 1.29 is 29.1 Å². The molecule has 0 saturated carbocycles. The highest BCUT2D eigenvalue weighted by Gasteiger charge is 2.19. The molecule has 0 aliphatic rings. The Morgan fingerprint density at radius 2 is 1.88 bits per heavy atom. The Hall–Kier alpha value is -4.91. The van der Waals surface area contributed by atoms with Gasteiger partial charge in [0.2, 0.25) is 5.75 Å². The third-order valence-corrected chi connectivity index (χ3v) is 4.64. The maximum absolute atomic E-state index is 13.2. The second-order valence-corrected chi connectivity index (χ2v) is 7.08. The number of hydrogen-bond acceptors (Lipinski definition) is 7. The van der Waals surface area contributed by atoms with Gasteiger partial charge < -0.3 is 20.3 Å². The summed E-state index contributed by atoms with van der Waals surface area (Å²) in [4.78, 5) is 22.4. The zero-order valence-corrected chi connectivity index (χ0v) is 17.6. The maximum atomic E-state index is 13.2. The van der Waals surface area contributed by atoms with Crippen LogP contribution < -0.4 is 10.1 Å². The van der Waals surface area contributed by atoms with Crippen LogP contribution in [-0.4, -0.2) is 21.0 Å². The van der Waals surface area contributed by atoms with Gasteiger partial charge in [-0.1, -0.05) is 24.3 Å². The number of nitriles is 1. The molecule has 0 spiro atoms. The lowest BCUT2D eigenvalue weighted by atomic mass is 10.1. The van der Waals surface area contributed by atoms with E-state index < -0.39 is 28.0 Å². The van der Waals surface area contributed by atoms with Gasteiger partial charge in [-0.25, -0.2) is 4.39 Å². The van der Waals surface area contributed by atoms with Crippen molar-refractivity contribution >= 4 is 17.7 Å². The molecular formula is C24H18FN3O6. The van der Waals surface area contributed by atoms with Gasteiger partial charge in [-0.15, -0.1) is 0 Å². The van der Waals surface area contributed by atoms with Gasteiger partial charge in [-0.3, -0.25) is 14.9 Å². The number of phenolic OH excluding ortho intramolecular Hbond substituents is 2. The van der Waals surface area contributed by atoms with Crippen LogP contribution in [0.5, 0.6) is 17.2 Å². The maximum Gasteiger partial charge on any atom is 0.315 e. The topological polar surface area (TPSA) is 146 Å². The summed E-state index contributed by atoms with van der Waals surface area (Å²) in [6.45, 7) is 0.276. The van der Waals surface area contributed by atoms with Gasteiger partial charge in [-0.05, 0) is 53.1 Å². The second kappa shape index (κ2) is 10.6. The number of nitro groups is 1. The Labute approximate surface area is 193 Å². The number of carbonyl (C=O) groups excluding carboxylic acids is 1. The summed E-state index contributed by atoms with van der Waals surface area (Å²) in [5.41, 5.74) is 0.271. The van der Waals surface area contributed by atoms with Gasteiger partial charge in [0.15, 0.2) is 5.75 Å². The number of benzene rings is 3. The fraction of sp³-hybridized carbons (Fsp3) is 0.0833. The fourth-order valence-electron chi connectivity index (χ4n) is 2.94. The monoisotopic (exact) mass is 463 g/mol. The number of aromatic hydroxyl groups is 2. The number of nitrogens with zero attached hydrogens (tertiary/aromatic N) is 2. The molecule has 3 rings (SSSR count). The smallest absolute Gasteiger partial charge is 0.315 e. The minimum Gasteiger partial charge on any atom is -0.504 e. The van der Waals surface area contributed by atoms with E-state index in [4.69, 9.17) is 4.74 Å². The van der Waals surface area contributed by atoms with Crippen LogP contribution in [-0.2, 0) is 17.9 Å². The van der Waals surface area contributed by atoms with Crippen LogP contribution in [0.1, 0.15) is 16.7 Å². The Bertz CT molecular complexity index is 1300. The Morgan fingerprint density at radius 3 is 2.53 bits per heavy atom. The third kappa shape index (κ3) is 6.08. The average Bonchev–Trinajstić information content (AvgIpc) is 2.82. The first kappa shape index (κ1) is 23.7. The molecule has 10 heteroatoms. The molecule has 0 atom stereocenters. The van der Waals surface area contributed by atoms with Crippen molar-refractivity contribution in [1.29, 1.82) is 5.26 Å². The van der Waals surface area contributed by atoms with Crippen molar-refractivity contribution in [3.8, 4) is 23.3 Å². The van der Waals surface area contributed by atoms with Crippen LogP contribution in [0, 0.1) is 27.3 Å². The van der Waals surface area contributed by atoms with Crippen molar-refractivity contribution in [2.24, 2.45) is 0 Å². The van der Waals surface area contributed by atoms with E-state index in [1.807, 2.05) is 0 Å². The van der Waals surface area contributed by atoms with E-state index in [2.05, 4.69) is 5.32 Å². The van der Waals surface area contributed by atoms with Crippen LogP contribution >= 0.6 is 0 Å². The Morgan fingerprint density at radius 1 is 1.15 bits per heavy atom. The minimum atomic E-state index is -0.909. The molecule has 0 unspecified atom stereocenters. The van der Waals surface area contributed by atoms with Gasteiger partial charge in [0.1, 0.15) is 29.8 Å². The van der Waals surface area contributed by atoms with Gasteiger partial charge in [0.05, 0.1) is 4.92 Å². The fourth-order valence-corrected chi connectivity index (χ4v) is 2.94. The Kier molecular flexibility index (Phi) is 7.41. The molecule has 9 nitrogen and oxygen atoms in total. The highest BCUT2D eigenvalue weighted by atomic mass is 19.1. The summed E-state index contributed by atoms with van der Waals surface area (Å²) >= 11 is 0. The van der Waals surface area contributed by atoms with Crippen LogP contribution in [0.2, 0.25) is 0 Å². The molecule has 0 aliphatic heterocycles. The van der Waals surface area contributed by atoms with Gasteiger partial charge in [0.25, 0.3) is 5.91 Å². The highest BCUT2D eigenvalue weighted by Crippen LogP contribution is 2.36. The predicted molar refractivity (Wildman–Crippen MR) is 119 cm³/mol. The first-order valence-corrected chi connectivity index (χ1v) is 9.83. The molecular weight excluding hydrogens is 445 g/mol. The lowest BCUT2D eigenvalue weighted by Gasteiger charge is -2.08. The molecule has 34 heavy (non-hydrogen) atoms. The quantitative estimate of drug-likeness (QED) is 0.151. The van der Waals surface area contributed by atoms with Crippen LogP contribution in [0.15, 0.2) is 66.2 Å². The summed E-state index contributed by atoms with van der Waals surface area (Å²) in [7, 11) is 0. The molecule has 0 bridgehead atoms. The second-order valence-electron chi connectivity index (χ2n) is 7.08. The van der Waals surface area contributed by atoms with Crippen LogP contribution in [0.25, 0.3) is 6.08 Å². The van der Waals surface area contributed by atoms with Gasteiger partial charge >= 0.3 is 5.69 Å². The molecule has 0 heterocycles. The van der Waals surface area contributed by atoms with Crippen molar-refractivity contribution in [2.45, 2.75) is 13.2 Å². The largest absolute Gasteiger partial charge is 0.504 e. The first-order chi connectivity index (χ1) is 16.3. The molecule has 0 saturated heterocycles. The van der Waals surface area contributed by atoms with Crippen LogP contribution in [0.4, 0.5) is 10.1 Å². The molecule has 0 fully saturated rings. The molecule has 0 aliphatic carbocycles. The lowest BCUT2D eigenvalue weighted by Crippen LogP contribution is -2.23. The zero-order chi connectivity index (χ0) is 24.7. The number of nitro benzene ring substituents is 1. The number of phenols is 2. The number of amides is 1. The standard InChI is InChI=1S/C24H18FN3O6/c25-19-3-1-2-16(9-19)14-34-20-6-4-15(5-7-20)13-27-24(31)18(12-26)8-17-10-21(28(32)33)23(30)22(29)11-17/h1-11,29-30H,13-14H2,(H,27,31)/b18-8+. The SMILES string of the molecule is N#C/C(=C\c1cc(O)c(O)c([N+](=O)[O-])c1)C(=O)NCc1ccc(OCc2cccc(F)c2)cc1.